The molecule has 0 saturated carbocycles. The Hall–Kier alpha value is -1.42. The van der Waals surface area contributed by atoms with Crippen LogP contribution in [0.4, 0.5) is 8.78 Å². The summed E-state index contributed by atoms with van der Waals surface area (Å²) in [6, 6.07) is 6.08. The minimum Gasteiger partial charge on any atom is -0.477 e. The minimum atomic E-state index is -3.85. The maximum absolute atomic E-state index is 12.6. The van der Waals surface area contributed by atoms with Gasteiger partial charge >= 0.3 is 11.9 Å². The first-order valence-corrected chi connectivity index (χ1v) is 4.35. The standard InChI is InChI=1S/C10H7ClF2O2/c11-8-3-1-7(2-4-8)5-6-10(12,13)9(14)15/h1-6H,(H,14,15)/b6-5-. The second-order valence-electron chi connectivity index (χ2n) is 2.81. The Morgan fingerprint density at radius 2 is 1.87 bits per heavy atom. The van der Waals surface area contributed by atoms with Crippen molar-refractivity contribution in [3.63, 3.8) is 0 Å². The van der Waals surface area contributed by atoms with Crippen molar-refractivity contribution < 1.29 is 18.7 Å². The average molecular weight is 233 g/mol. The number of halogens is 3. The molecule has 0 aliphatic rings. The van der Waals surface area contributed by atoms with Crippen LogP contribution in [0.1, 0.15) is 5.56 Å². The Bertz CT molecular complexity index is 385. The maximum atomic E-state index is 12.6. The van der Waals surface area contributed by atoms with Crippen LogP contribution in [-0.2, 0) is 4.79 Å². The van der Waals surface area contributed by atoms with E-state index in [0.29, 0.717) is 16.7 Å². The van der Waals surface area contributed by atoms with Gasteiger partial charge in [-0.1, -0.05) is 29.8 Å². The van der Waals surface area contributed by atoms with Crippen LogP contribution >= 0.6 is 11.6 Å². The molecule has 0 saturated heterocycles. The quantitative estimate of drug-likeness (QED) is 0.870. The van der Waals surface area contributed by atoms with E-state index in [-0.39, 0.29) is 0 Å². The zero-order chi connectivity index (χ0) is 11.5. The van der Waals surface area contributed by atoms with Gasteiger partial charge in [0.05, 0.1) is 0 Å². The van der Waals surface area contributed by atoms with E-state index in [2.05, 4.69) is 0 Å². The normalized spacial score (nSPS) is 11.9. The number of hydrogen-bond donors (Lipinski definition) is 1. The van der Waals surface area contributed by atoms with Crippen LogP contribution in [0.25, 0.3) is 6.08 Å². The zero-order valence-corrected chi connectivity index (χ0v) is 8.21. The van der Waals surface area contributed by atoms with E-state index >= 15 is 0 Å². The molecule has 1 aromatic carbocycles. The first-order chi connectivity index (χ1) is 6.92. The molecule has 0 heterocycles. The fourth-order valence-corrected chi connectivity index (χ4v) is 0.972. The van der Waals surface area contributed by atoms with Crippen LogP contribution in [-0.4, -0.2) is 17.0 Å². The molecule has 1 aromatic rings. The van der Waals surface area contributed by atoms with E-state index in [1.54, 1.807) is 0 Å². The molecule has 2 nitrogen and oxygen atoms in total. The molecule has 1 N–H and O–H groups in total. The number of carbonyl (C=O) groups is 1. The van der Waals surface area contributed by atoms with Crippen LogP contribution in [0.2, 0.25) is 5.02 Å². The zero-order valence-electron chi connectivity index (χ0n) is 7.45. The highest BCUT2D eigenvalue weighted by molar-refractivity contribution is 6.30. The summed E-state index contributed by atoms with van der Waals surface area (Å²) in [5, 5.41) is 8.62. The second kappa shape index (κ2) is 4.40. The fourth-order valence-electron chi connectivity index (χ4n) is 0.846. The molecule has 0 aromatic heterocycles. The van der Waals surface area contributed by atoms with Crippen LogP contribution < -0.4 is 0 Å². The van der Waals surface area contributed by atoms with Crippen LogP contribution in [0.5, 0.6) is 0 Å². The van der Waals surface area contributed by atoms with Gasteiger partial charge in [-0.3, -0.25) is 0 Å². The molecule has 80 valence electrons. The van der Waals surface area contributed by atoms with E-state index in [1.165, 1.54) is 24.3 Å². The predicted octanol–water partition coefficient (Wildman–Crippen LogP) is 3.07. The Morgan fingerprint density at radius 1 is 1.33 bits per heavy atom. The van der Waals surface area contributed by atoms with E-state index in [1.807, 2.05) is 0 Å². The number of alkyl halides is 2. The smallest absolute Gasteiger partial charge is 0.378 e. The van der Waals surface area contributed by atoms with Gasteiger partial charge in [0.2, 0.25) is 0 Å². The van der Waals surface area contributed by atoms with Crippen LogP contribution in [0, 0.1) is 0 Å². The molecule has 0 spiro atoms. The van der Waals surface area contributed by atoms with Gasteiger partial charge in [-0.2, -0.15) is 8.78 Å². The Kier molecular flexibility index (Phi) is 3.42. The van der Waals surface area contributed by atoms with Crippen LogP contribution in [0.15, 0.2) is 30.3 Å². The highest BCUT2D eigenvalue weighted by atomic mass is 35.5. The van der Waals surface area contributed by atoms with E-state index < -0.39 is 11.9 Å². The summed E-state index contributed by atoms with van der Waals surface area (Å²) in [5.74, 6) is -6.02. The molecule has 0 unspecified atom stereocenters. The third-order valence-corrected chi connectivity index (χ3v) is 1.89. The number of benzene rings is 1. The fraction of sp³-hybridized carbons (Fsp3) is 0.100. The van der Waals surface area contributed by atoms with Gasteiger partial charge in [0.25, 0.3) is 0 Å². The van der Waals surface area contributed by atoms with Gasteiger partial charge in [-0.25, -0.2) is 4.79 Å². The molecule has 0 aliphatic heterocycles. The molecule has 0 fully saturated rings. The second-order valence-corrected chi connectivity index (χ2v) is 3.25. The molecule has 5 heteroatoms. The summed E-state index contributed by atoms with van der Waals surface area (Å²) in [4.78, 5) is 10.1. The van der Waals surface area contributed by atoms with Crippen LogP contribution in [0.3, 0.4) is 0 Å². The van der Waals surface area contributed by atoms with Crippen molar-refractivity contribution in [3.8, 4) is 0 Å². The monoisotopic (exact) mass is 232 g/mol. The summed E-state index contributed by atoms with van der Waals surface area (Å²) in [7, 11) is 0. The van der Waals surface area contributed by atoms with Crippen molar-refractivity contribution >= 4 is 23.6 Å². The lowest BCUT2D eigenvalue weighted by Gasteiger charge is -2.03. The number of aliphatic carboxylic acids is 1. The third-order valence-electron chi connectivity index (χ3n) is 1.64. The molecule has 0 aliphatic carbocycles. The van der Waals surface area contributed by atoms with Crippen molar-refractivity contribution in [2.75, 3.05) is 0 Å². The highest BCUT2D eigenvalue weighted by Crippen LogP contribution is 2.18. The topological polar surface area (TPSA) is 37.3 Å². The number of rotatable bonds is 3. The lowest BCUT2D eigenvalue weighted by Crippen LogP contribution is -2.24. The third kappa shape index (κ3) is 3.32. The first-order valence-electron chi connectivity index (χ1n) is 3.98. The van der Waals surface area contributed by atoms with Gasteiger partial charge < -0.3 is 5.11 Å². The van der Waals surface area contributed by atoms with Crippen molar-refractivity contribution in [1.82, 2.24) is 0 Å². The Labute approximate surface area is 89.8 Å². The van der Waals surface area contributed by atoms with Crippen molar-refractivity contribution in [1.29, 1.82) is 0 Å². The SMILES string of the molecule is O=C(O)C(F)(F)/C=C\c1ccc(Cl)cc1. The van der Waals surface area contributed by atoms with E-state index in [0.717, 1.165) is 6.08 Å². The van der Waals surface area contributed by atoms with Gasteiger partial charge in [0, 0.05) is 5.02 Å². The van der Waals surface area contributed by atoms with Gasteiger partial charge in [0.15, 0.2) is 0 Å². The molecule has 1 rings (SSSR count). The Balaban J connectivity index is 2.82. The van der Waals surface area contributed by atoms with Crippen molar-refractivity contribution in [3.05, 3.63) is 40.9 Å². The summed E-state index contributed by atoms with van der Waals surface area (Å²) < 4.78 is 25.2. The van der Waals surface area contributed by atoms with Gasteiger partial charge in [-0.15, -0.1) is 0 Å². The van der Waals surface area contributed by atoms with Gasteiger partial charge in [0.1, 0.15) is 0 Å². The van der Waals surface area contributed by atoms with Gasteiger partial charge in [-0.05, 0) is 23.8 Å². The molecule has 0 atom stereocenters. The summed E-state index contributed by atoms with van der Waals surface area (Å²) in [5.41, 5.74) is 0.459. The van der Waals surface area contributed by atoms with E-state index in [4.69, 9.17) is 16.7 Å². The van der Waals surface area contributed by atoms with E-state index in [9.17, 15) is 13.6 Å². The number of carboxylic acid groups (broad SMARTS) is 1. The summed E-state index contributed by atoms with van der Waals surface area (Å²) in [6.45, 7) is 0. The number of carboxylic acids is 1. The first kappa shape index (κ1) is 11.7. The summed E-state index contributed by atoms with van der Waals surface area (Å²) in [6.07, 6.45) is 1.36. The molecule has 0 radical (unpaired) electrons. The molecule has 0 amide bonds. The average Bonchev–Trinajstić information content (AvgIpc) is 2.17. The Morgan fingerprint density at radius 3 is 2.33 bits per heavy atom. The maximum Gasteiger partial charge on any atom is 0.378 e. The van der Waals surface area contributed by atoms with Crippen molar-refractivity contribution in [2.24, 2.45) is 0 Å². The lowest BCUT2D eigenvalue weighted by molar-refractivity contribution is -0.157. The summed E-state index contributed by atoms with van der Waals surface area (Å²) >= 11 is 5.59. The molecule has 15 heavy (non-hydrogen) atoms. The lowest BCUT2D eigenvalue weighted by atomic mass is 10.2. The molecular formula is C10H7ClF2O2. The number of hydrogen-bond acceptors (Lipinski definition) is 1. The predicted molar refractivity (Wildman–Crippen MR) is 53.1 cm³/mol. The highest BCUT2D eigenvalue weighted by Gasteiger charge is 2.35. The molecular weight excluding hydrogens is 226 g/mol. The minimum absolute atomic E-state index is 0.332. The molecule has 0 bridgehead atoms. The van der Waals surface area contributed by atoms with Crippen molar-refractivity contribution in [2.45, 2.75) is 5.92 Å². The largest absolute Gasteiger partial charge is 0.477 e.